The monoisotopic (exact) mass is 276 g/mol. The molecule has 2 aliphatic rings. The molecule has 2 aliphatic heterocycles. The standard InChI is InChI=1S/C15H24N4O/c1-2-18-10-11(16)8-14(18)15(20)17-12-5-7-19-6-3-4-13(19)9-12/h8,10,12-13H,2-7,9,16H2,1H3,(H,17,20). The van der Waals surface area contributed by atoms with Crippen molar-refractivity contribution in [1.29, 1.82) is 0 Å². The molecule has 1 aromatic heterocycles. The van der Waals surface area contributed by atoms with Crippen LogP contribution in [0.15, 0.2) is 12.3 Å². The van der Waals surface area contributed by atoms with E-state index in [-0.39, 0.29) is 5.91 Å². The predicted octanol–water partition coefficient (Wildman–Crippen LogP) is 1.45. The summed E-state index contributed by atoms with van der Waals surface area (Å²) in [5, 5.41) is 3.19. The van der Waals surface area contributed by atoms with Crippen LogP contribution in [0.5, 0.6) is 0 Å². The lowest BCUT2D eigenvalue weighted by Crippen LogP contribution is -2.47. The van der Waals surface area contributed by atoms with E-state index < -0.39 is 0 Å². The van der Waals surface area contributed by atoms with Crippen LogP contribution in [0.4, 0.5) is 5.69 Å². The van der Waals surface area contributed by atoms with Crippen molar-refractivity contribution in [3.63, 3.8) is 0 Å². The van der Waals surface area contributed by atoms with Gasteiger partial charge < -0.3 is 20.5 Å². The second kappa shape index (κ2) is 5.48. The summed E-state index contributed by atoms with van der Waals surface area (Å²) in [6.45, 7) is 5.14. The lowest BCUT2D eigenvalue weighted by molar-refractivity contribution is 0.0887. The zero-order valence-electron chi connectivity index (χ0n) is 12.1. The smallest absolute Gasteiger partial charge is 0.268 e. The van der Waals surface area contributed by atoms with Crippen molar-refractivity contribution in [2.24, 2.45) is 0 Å². The maximum atomic E-state index is 12.4. The molecule has 5 nitrogen and oxygen atoms in total. The highest BCUT2D eigenvalue weighted by atomic mass is 16.2. The van der Waals surface area contributed by atoms with Crippen LogP contribution in [0, 0.1) is 0 Å². The number of nitrogen functional groups attached to an aromatic ring is 1. The summed E-state index contributed by atoms with van der Waals surface area (Å²) >= 11 is 0. The Labute approximate surface area is 120 Å². The highest BCUT2D eigenvalue weighted by Crippen LogP contribution is 2.27. The number of nitrogens with zero attached hydrogens (tertiary/aromatic N) is 2. The zero-order chi connectivity index (χ0) is 14.1. The van der Waals surface area contributed by atoms with Crippen molar-refractivity contribution in [2.45, 2.75) is 51.2 Å². The largest absolute Gasteiger partial charge is 0.397 e. The van der Waals surface area contributed by atoms with Gasteiger partial charge >= 0.3 is 0 Å². The topological polar surface area (TPSA) is 63.3 Å². The molecule has 0 spiro atoms. The van der Waals surface area contributed by atoms with Crippen LogP contribution in [-0.2, 0) is 6.54 Å². The van der Waals surface area contributed by atoms with Gasteiger partial charge in [-0.3, -0.25) is 4.79 Å². The highest BCUT2D eigenvalue weighted by molar-refractivity contribution is 5.94. The number of hydrogen-bond acceptors (Lipinski definition) is 3. The Kier molecular flexibility index (Phi) is 3.70. The van der Waals surface area contributed by atoms with E-state index in [4.69, 9.17) is 5.73 Å². The fourth-order valence-corrected chi connectivity index (χ4v) is 3.60. The van der Waals surface area contributed by atoms with E-state index in [1.807, 2.05) is 17.7 Å². The van der Waals surface area contributed by atoms with Crippen molar-refractivity contribution >= 4 is 11.6 Å². The molecule has 2 atom stereocenters. The van der Waals surface area contributed by atoms with Crippen LogP contribution in [0.1, 0.15) is 43.1 Å². The molecular formula is C15H24N4O. The van der Waals surface area contributed by atoms with Crippen LogP contribution in [0.3, 0.4) is 0 Å². The number of nitrogens with two attached hydrogens (primary N) is 1. The molecule has 2 fully saturated rings. The first-order valence-corrected chi connectivity index (χ1v) is 7.68. The number of nitrogens with one attached hydrogen (secondary N) is 1. The van der Waals surface area contributed by atoms with E-state index in [1.165, 1.54) is 19.4 Å². The number of amides is 1. The number of carbonyl (C=O) groups excluding carboxylic acids is 1. The van der Waals surface area contributed by atoms with Gasteiger partial charge in [0.15, 0.2) is 0 Å². The van der Waals surface area contributed by atoms with Gasteiger partial charge in [0, 0.05) is 31.4 Å². The molecule has 3 heterocycles. The number of anilines is 1. The average Bonchev–Trinajstić information content (AvgIpc) is 3.03. The fraction of sp³-hybridized carbons (Fsp3) is 0.667. The van der Waals surface area contributed by atoms with Crippen LogP contribution in [-0.4, -0.2) is 40.5 Å². The summed E-state index contributed by atoms with van der Waals surface area (Å²) in [6.07, 6.45) is 6.57. The zero-order valence-corrected chi connectivity index (χ0v) is 12.1. The first-order chi connectivity index (χ1) is 9.67. The Balaban J connectivity index is 1.64. The molecule has 2 saturated heterocycles. The van der Waals surface area contributed by atoms with E-state index in [9.17, 15) is 4.79 Å². The number of fused-ring (bicyclic) bond motifs is 1. The molecule has 0 aliphatic carbocycles. The Morgan fingerprint density at radius 3 is 3.10 bits per heavy atom. The number of piperidine rings is 1. The van der Waals surface area contributed by atoms with Gasteiger partial charge in [-0.25, -0.2) is 0 Å². The Hall–Kier alpha value is -1.49. The molecule has 0 aromatic carbocycles. The second-order valence-corrected chi connectivity index (χ2v) is 5.97. The Morgan fingerprint density at radius 1 is 1.45 bits per heavy atom. The molecule has 1 aromatic rings. The Morgan fingerprint density at radius 2 is 2.30 bits per heavy atom. The van der Waals surface area contributed by atoms with Crippen LogP contribution >= 0.6 is 0 Å². The second-order valence-electron chi connectivity index (χ2n) is 5.97. The lowest BCUT2D eigenvalue weighted by atomic mass is 9.97. The van der Waals surface area contributed by atoms with Gasteiger partial charge in [-0.1, -0.05) is 0 Å². The van der Waals surface area contributed by atoms with Crippen LogP contribution in [0.2, 0.25) is 0 Å². The molecule has 0 saturated carbocycles. The summed E-state index contributed by atoms with van der Waals surface area (Å²) in [7, 11) is 0. The van der Waals surface area contributed by atoms with Crippen LogP contribution in [0.25, 0.3) is 0 Å². The summed E-state index contributed by atoms with van der Waals surface area (Å²) in [5.74, 6) is 0.0139. The van der Waals surface area contributed by atoms with E-state index in [0.717, 1.165) is 25.9 Å². The summed E-state index contributed by atoms with van der Waals surface area (Å²) in [4.78, 5) is 15.0. The van der Waals surface area contributed by atoms with Crippen molar-refractivity contribution in [3.05, 3.63) is 18.0 Å². The fourth-order valence-electron chi connectivity index (χ4n) is 3.60. The summed E-state index contributed by atoms with van der Waals surface area (Å²) in [5.41, 5.74) is 7.12. The number of rotatable bonds is 3. The highest BCUT2D eigenvalue weighted by Gasteiger charge is 2.32. The number of aromatic nitrogens is 1. The van der Waals surface area contributed by atoms with Crippen molar-refractivity contribution < 1.29 is 4.79 Å². The van der Waals surface area contributed by atoms with E-state index in [1.54, 1.807) is 6.07 Å². The van der Waals surface area contributed by atoms with Crippen molar-refractivity contribution in [3.8, 4) is 0 Å². The third-order valence-electron chi connectivity index (χ3n) is 4.65. The first-order valence-electron chi connectivity index (χ1n) is 7.68. The quantitative estimate of drug-likeness (QED) is 0.878. The minimum absolute atomic E-state index is 0.0139. The minimum atomic E-state index is 0.0139. The average molecular weight is 276 g/mol. The normalized spacial score (nSPS) is 26.4. The number of aryl methyl sites for hydroxylation is 1. The molecule has 0 radical (unpaired) electrons. The molecule has 3 N–H and O–H groups in total. The van der Waals surface area contributed by atoms with Crippen molar-refractivity contribution in [2.75, 3.05) is 18.8 Å². The maximum Gasteiger partial charge on any atom is 0.268 e. The third-order valence-corrected chi connectivity index (χ3v) is 4.65. The molecule has 2 unspecified atom stereocenters. The van der Waals surface area contributed by atoms with Gasteiger partial charge in [-0.05, 0) is 45.2 Å². The van der Waals surface area contributed by atoms with E-state index >= 15 is 0 Å². The molecule has 0 bridgehead atoms. The molecule has 1 amide bonds. The van der Waals surface area contributed by atoms with Gasteiger partial charge in [0.2, 0.25) is 0 Å². The summed E-state index contributed by atoms with van der Waals surface area (Å²) < 4.78 is 1.91. The molecule has 20 heavy (non-hydrogen) atoms. The van der Waals surface area contributed by atoms with Crippen molar-refractivity contribution in [1.82, 2.24) is 14.8 Å². The van der Waals surface area contributed by atoms with Gasteiger partial charge in [0.25, 0.3) is 5.91 Å². The van der Waals surface area contributed by atoms with Gasteiger partial charge in [0.05, 0.1) is 5.69 Å². The molecule has 3 rings (SSSR count). The maximum absolute atomic E-state index is 12.4. The van der Waals surface area contributed by atoms with Gasteiger partial charge in [-0.15, -0.1) is 0 Å². The number of hydrogen-bond donors (Lipinski definition) is 2. The molecule has 5 heteroatoms. The van der Waals surface area contributed by atoms with Gasteiger partial charge in [0.1, 0.15) is 5.69 Å². The number of carbonyl (C=O) groups is 1. The first kappa shape index (κ1) is 13.5. The van der Waals surface area contributed by atoms with E-state index in [0.29, 0.717) is 23.5 Å². The third kappa shape index (κ3) is 2.54. The van der Waals surface area contributed by atoms with Gasteiger partial charge in [-0.2, -0.15) is 0 Å². The summed E-state index contributed by atoms with van der Waals surface area (Å²) in [6, 6.07) is 2.75. The Bertz CT molecular complexity index is 496. The lowest BCUT2D eigenvalue weighted by Gasteiger charge is -2.35. The van der Waals surface area contributed by atoms with Crippen LogP contribution < -0.4 is 11.1 Å². The molecule has 110 valence electrons. The van der Waals surface area contributed by atoms with E-state index in [2.05, 4.69) is 10.2 Å². The minimum Gasteiger partial charge on any atom is -0.397 e. The predicted molar refractivity (Wildman–Crippen MR) is 79.6 cm³/mol. The SMILES string of the molecule is CCn1cc(N)cc1C(=O)NC1CCN2CCCC2C1. The molecular weight excluding hydrogens is 252 g/mol.